The molecule has 1 aliphatic rings. The van der Waals surface area contributed by atoms with Gasteiger partial charge in [-0.2, -0.15) is 0 Å². The molecule has 3 atom stereocenters. The van der Waals surface area contributed by atoms with Crippen molar-refractivity contribution in [2.24, 2.45) is 11.8 Å². The molecule has 7 N–H and O–H groups in total. The van der Waals surface area contributed by atoms with E-state index in [4.69, 9.17) is 4.74 Å². The summed E-state index contributed by atoms with van der Waals surface area (Å²) in [6.07, 6.45) is 0.992. The number of fused-ring (bicyclic) bond motifs is 1. The van der Waals surface area contributed by atoms with E-state index >= 15 is 0 Å². The van der Waals surface area contributed by atoms with Crippen LogP contribution in [0.4, 0.5) is 0 Å². The quantitative estimate of drug-likeness (QED) is 0.297. The van der Waals surface area contributed by atoms with Gasteiger partial charge in [-0.25, -0.2) is 0 Å². The van der Waals surface area contributed by atoms with E-state index in [-0.39, 0.29) is 29.4 Å². The Labute approximate surface area is 203 Å². The van der Waals surface area contributed by atoms with Gasteiger partial charge in [0.2, 0.25) is 11.8 Å². The zero-order valence-corrected chi connectivity index (χ0v) is 20.1. The molecular weight excluding hydrogens is 456 g/mol. The maximum atomic E-state index is 13.1. The number of ether oxygens (including phenoxy) is 1. The number of carbonyl (C=O) groups is 4. The number of H-pyrrole nitrogens is 1. The third-order valence-electron chi connectivity index (χ3n) is 5.96. The molecule has 0 spiro atoms. The van der Waals surface area contributed by atoms with Gasteiger partial charge >= 0.3 is 0 Å². The summed E-state index contributed by atoms with van der Waals surface area (Å²) in [5, 5.41) is 18.2. The molecule has 1 aromatic carbocycles. The highest BCUT2D eigenvalue weighted by molar-refractivity contribution is 6.02. The van der Waals surface area contributed by atoms with Crippen LogP contribution in [0.1, 0.15) is 43.6 Å². The number of ketones is 1. The van der Waals surface area contributed by atoms with E-state index in [1.54, 1.807) is 25.3 Å². The maximum absolute atomic E-state index is 13.1. The van der Waals surface area contributed by atoms with Gasteiger partial charge in [0.05, 0.1) is 13.2 Å². The van der Waals surface area contributed by atoms with Gasteiger partial charge in [0.25, 0.3) is 5.91 Å². The molecule has 3 amide bonds. The number of amides is 3. The van der Waals surface area contributed by atoms with E-state index in [2.05, 4.69) is 20.9 Å². The van der Waals surface area contributed by atoms with Crippen LogP contribution in [0.25, 0.3) is 10.9 Å². The van der Waals surface area contributed by atoms with E-state index in [0.717, 1.165) is 10.9 Å². The Bertz CT molecular complexity index is 1070. The van der Waals surface area contributed by atoms with Gasteiger partial charge in [-0.1, -0.05) is 19.9 Å². The summed E-state index contributed by atoms with van der Waals surface area (Å²) < 4.78 is 5.33. The van der Waals surface area contributed by atoms with Crippen molar-refractivity contribution in [1.29, 1.82) is 0 Å². The van der Waals surface area contributed by atoms with Gasteiger partial charge in [-0.15, -0.1) is 0 Å². The highest BCUT2D eigenvalue weighted by Gasteiger charge is 2.33. The van der Waals surface area contributed by atoms with Crippen LogP contribution in [-0.2, 0) is 14.4 Å². The lowest BCUT2D eigenvalue weighted by Crippen LogP contribution is -2.53. The number of benzene rings is 1. The highest BCUT2D eigenvalue weighted by Crippen LogP contribution is 2.26. The average molecular weight is 491 g/mol. The fraction of sp³-hybridized carbons (Fsp3) is 0.500. The summed E-state index contributed by atoms with van der Waals surface area (Å²) >= 11 is 0. The van der Waals surface area contributed by atoms with Crippen molar-refractivity contribution in [3.8, 4) is 5.75 Å². The molecule has 1 aromatic heterocycles. The Balaban J connectivity index is 0.00000432. The zero-order valence-electron chi connectivity index (χ0n) is 20.1. The normalized spacial score (nSPS) is 16.8. The molecule has 11 heteroatoms. The van der Waals surface area contributed by atoms with E-state index in [9.17, 15) is 24.3 Å². The van der Waals surface area contributed by atoms with Gasteiger partial charge in [0.15, 0.2) is 5.78 Å². The summed E-state index contributed by atoms with van der Waals surface area (Å²) in [5.74, 6) is -1.49. The Kier molecular flexibility index (Phi) is 9.78. The Morgan fingerprint density at radius 1 is 1.20 bits per heavy atom. The lowest BCUT2D eigenvalue weighted by molar-refractivity contribution is -0.131. The molecule has 3 rings (SSSR count). The number of rotatable bonds is 11. The van der Waals surface area contributed by atoms with Crippen molar-refractivity contribution >= 4 is 34.4 Å². The van der Waals surface area contributed by atoms with Gasteiger partial charge in [-0.05, 0) is 43.4 Å². The van der Waals surface area contributed by atoms with Gasteiger partial charge in [0.1, 0.15) is 24.1 Å². The van der Waals surface area contributed by atoms with Crippen molar-refractivity contribution in [1.82, 2.24) is 20.9 Å². The Morgan fingerprint density at radius 3 is 2.54 bits per heavy atom. The van der Waals surface area contributed by atoms with Gasteiger partial charge in [-0.3, -0.25) is 19.2 Å². The fourth-order valence-electron chi connectivity index (χ4n) is 4.17. The molecule has 0 bridgehead atoms. The van der Waals surface area contributed by atoms with Gasteiger partial charge < -0.3 is 36.3 Å². The van der Waals surface area contributed by atoms with Gasteiger partial charge in [0, 0.05) is 23.4 Å². The standard InChI is InChI=1S/C24H32N4O6.H2O/c1-13(2)9-18(23(32)27-17(20(30)12-29)10-14-7-8-25-22(14)31)28-24(33)19-11-15-16(26-19)5-4-6-21(15)34-3;/h4-6,11,13-14,17-18,26,29H,7-10,12H2,1-3H3,(H,25,31)(H,27,32)(H,28,33);1H2/t14-,17-,18-;/m0./s1. The van der Waals surface area contributed by atoms with Crippen LogP contribution in [0.15, 0.2) is 24.3 Å². The average Bonchev–Trinajstić information content (AvgIpc) is 3.43. The zero-order chi connectivity index (χ0) is 24.8. The predicted octanol–water partition coefficient (Wildman–Crippen LogP) is 0.0687. The first kappa shape index (κ1) is 27.8. The molecule has 0 radical (unpaired) electrons. The van der Waals surface area contributed by atoms with Crippen molar-refractivity contribution in [2.45, 2.75) is 45.2 Å². The Morgan fingerprint density at radius 2 is 1.94 bits per heavy atom. The number of Topliss-reactive ketones (excluding diaryl/α,β-unsaturated/α-hetero) is 1. The number of carbonyl (C=O) groups excluding carboxylic acids is 4. The third kappa shape index (κ3) is 6.80. The smallest absolute Gasteiger partial charge is 0.268 e. The summed E-state index contributed by atoms with van der Waals surface area (Å²) in [6, 6.07) is 5.14. The van der Waals surface area contributed by atoms with Crippen molar-refractivity contribution < 1.29 is 34.5 Å². The minimum absolute atomic E-state index is 0. The van der Waals surface area contributed by atoms with E-state index in [1.807, 2.05) is 19.9 Å². The summed E-state index contributed by atoms with van der Waals surface area (Å²) in [5.41, 5.74) is 0.990. The van der Waals surface area contributed by atoms with Crippen LogP contribution in [0.5, 0.6) is 5.75 Å². The minimum atomic E-state index is -1.02. The molecule has 0 aliphatic carbocycles. The second kappa shape index (κ2) is 12.3. The van der Waals surface area contributed by atoms with Crippen LogP contribution >= 0.6 is 0 Å². The molecule has 0 saturated carbocycles. The number of hydrogen-bond donors (Lipinski definition) is 5. The monoisotopic (exact) mass is 490 g/mol. The van der Waals surface area contributed by atoms with Crippen molar-refractivity contribution in [3.05, 3.63) is 30.0 Å². The van der Waals surface area contributed by atoms with Crippen LogP contribution < -0.4 is 20.7 Å². The topological polar surface area (TPSA) is 181 Å². The molecule has 11 nitrogen and oxygen atoms in total. The van der Waals surface area contributed by atoms with E-state index in [1.165, 1.54) is 0 Å². The van der Waals surface area contributed by atoms with E-state index in [0.29, 0.717) is 25.1 Å². The number of aromatic amines is 1. The fourth-order valence-corrected chi connectivity index (χ4v) is 4.17. The first-order valence-electron chi connectivity index (χ1n) is 11.4. The second-order valence-corrected chi connectivity index (χ2v) is 8.96. The minimum Gasteiger partial charge on any atom is -0.496 e. The van der Waals surface area contributed by atoms with E-state index < -0.39 is 42.2 Å². The molecule has 1 aliphatic heterocycles. The number of methoxy groups -OCH3 is 1. The SMILES string of the molecule is COc1cccc2[nH]c(C(=O)N[C@@H](CC(C)C)C(=O)N[C@@H](C[C@@H]3CCNC3=O)C(=O)CO)cc12.O. The van der Waals surface area contributed by atoms with Crippen molar-refractivity contribution in [2.75, 3.05) is 20.3 Å². The molecule has 2 heterocycles. The first-order chi connectivity index (χ1) is 16.2. The number of nitrogens with one attached hydrogen (secondary N) is 4. The molecule has 35 heavy (non-hydrogen) atoms. The van der Waals surface area contributed by atoms with Crippen LogP contribution in [0.2, 0.25) is 0 Å². The molecule has 0 unspecified atom stereocenters. The molecule has 192 valence electrons. The summed E-state index contributed by atoms with van der Waals surface area (Å²) in [7, 11) is 1.55. The molecule has 1 saturated heterocycles. The van der Waals surface area contributed by atoms with Crippen LogP contribution in [0.3, 0.4) is 0 Å². The molecule has 1 fully saturated rings. The number of hydrogen-bond acceptors (Lipinski definition) is 6. The lowest BCUT2D eigenvalue weighted by atomic mass is 9.95. The molecule has 2 aromatic rings. The highest BCUT2D eigenvalue weighted by atomic mass is 16.5. The number of aliphatic hydroxyl groups is 1. The number of aromatic nitrogens is 1. The molecular formula is C24H34N4O7. The van der Waals surface area contributed by atoms with Crippen LogP contribution in [-0.4, -0.2) is 71.4 Å². The third-order valence-corrected chi connectivity index (χ3v) is 5.96. The predicted molar refractivity (Wildman–Crippen MR) is 129 cm³/mol. The maximum Gasteiger partial charge on any atom is 0.268 e. The Hall–Kier alpha value is -3.44. The van der Waals surface area contributed by atoms with Crippen LogP contribution in [0, 0.1) is 11.8 Å². The lowest BCUT2D eigenvalue weighted by Gasteiger charge is -2.24. The second-order valence-electron chi connectivity index (χ2n) is 8.96. The van der Waals surface area contributed by atoms with Crippen molar-refractivity contribution in [3.63, 3.8) is 0 Å². The number of aliphatic hydroxyl groups excluding tert-OH is 1. The largest absolute Gasteiger partial charge is 0.496 e. The summed E-state index contributed by atoms with van der Waals surface area (Å²) in [4.78, 5) is 53.4. The first-order valence-corrected chi connectivity index (χ1v) is 11.4. The summed E-state index contributed by atoms with van der Waals surface area (Å²) in [6.45, 7) is 3.59.